The maximum Gasteiger partial charge on any atom is 0.0934 e. The van der Waals surface area contributed by atoms with Crippen molar-refractivity contribution < 1.29 is 0 Å². The largest absolute Gasteiger partial charge is 0.311 e. The number of rotatable bonds is 7. The molecule has 46 heavy (non-hydrogen) atoms. The second-order valence-electron chi connectivity index (χ2n) is 12.6. The molecule has 0 radical (unpaired) electrons. The van der Waals surface area contributed by atoms with Crippen molar-refractivity contribution in [3.8, 4) is 39.3 Å². The molecule has 0 aliphatic rings. The molecule has 3 heteroatoms. The number of hydrogen-bond donors (Lipinski definition) is 0. The summed E-state index contributed by atoms with van der Waals surface area (Å²) >= 11 is 0. The van der Waals surface area contributed by atoms with Gasteiger partial charge in [0.25, 0.3) is 0 Å². The van der Waals surface area contributed by atoms with Crippen LogP contribution in [0.15, 0.2) is 170 Å². The van der Waals surface area contributed by atoms with Crippen molar-refractivity contribution >= 4 is 17.1 Å². The SMILES string of the molecule is CC(C)(C)c1ccc(-c2ccc(N(c3ccccc3)c3ccc(-n4nc(-c5ccccc5)cc4-c4ccccc4)cc3)cc2)cc1. The van der Waals surface area contributed by atoms with E-state index in [0.717, 1.165) is 45.3 Å². The third-order valence-electron chi connectivity index (χ3n) is 8.43. The van der Waals surface area contributed by atoms with Crippen molar-refractivity contribution in [2.24, 2.45) is 0 Å². The van der Waals surface area contributed by atoms with Gasteiger partial charge in [0.05, 0.1) is 17.1 Å². The molecule has 0 aliphatic carbocycles. The molecule has 0 unspecified atom stereocenters. The minimum Gasteiger partial charge on any atom is -0.311 e. The van der Waals surface area contributed by atoms with Crippen molar-refractivity contribution in [3.05, 3.63) is 175 Å². The number of para-hydroxylation sites is 1. The van der Waals surface area contributed by atoms with Crippen molar-refractivity contribution in [1.82, 2.24) is 9.78 Å². The molecule has 7 rings (SSSR count). The van der Waals surface area contributed by atoms with E-state index >= 15 is 0 Å². The first-order chi connectivity index (χ1) is 22.4. The lowest BCUT2D eigenvalue weighted by Gasteiger charge is -2.26. The zero-order valence-corrected chi connectivity index (χ0v) is 26.5. The molecule has 0 amide bonds. The fraction of sp³-hybridized carbons (Fsp3) is 0.0930. The van der Waals surface area contributed by atoms with E-state index in [1.165, 1.54) is 16.7 Å². The molecular formula is C43H37N3. The van der Waals surface area contributed by atoms with Crippen LogP contribution in [-0.4, -0.2) is 9.78 Å². The maximum absolute atomic E-state index is 5.08. The first-order valence-corrected chi connectivity index (χ1v) is 15.8. The Morgan fingerprint density at radius 2 is 0.913 bits per heavy atom. The highest BCUT2D eigenvalue weighted by Crippen LogP contribution is 2.37. The molecule has 7 aromatic rings. The minimum absolute atomic E-state index is 0.138. The van der Waals surface area contributed by atoms with Crippen molar-refractivity contribution in [1.29, 1.82) is 0 Å². The molecule has 6 aromatic carbocycles. The summed E-state index contributed by atoms with van der Waals surface area (Å²) in [4.78, 5) is 2.30. The number of aromatic nitrogens is 2. The number of hydrogen-bond acceptors (Lipinski definition) is 2. The van der Waals surface area contributed by atoms with Gasteiger partial charge in [-0.1, -0.05) is 136 Å². The quantitative estimate of drug-likeness (QED) is 0.183. The van der Waals surface area contributed by atoms with E-state index in [0.29, 0.717) is 0 Å². The average molecular weight is 596 g/mol. The third kappa shape index (κ3) is 6.00. The second-order valence-corrected chi connectivity index (χ2v) is 12.6. The second kappa shape index (κ2) is 12.4. The molecule has 0 atom stereocenters. The molecule has 224 valence electrons. The average Bonchev–Trinajstić information content (AvgIpc) is 3.56. The van der Waals surface area contributed by atoms with Gasteiger partial charge >= 0.3 is 0 Å². The molecular weight excluding hydrogens is 558 g/mol. The smallest absolute Gasteiger partial charge is 0.0934 e. The van der Waals surface area contributed by atoms with Gasteiger partial charge in [0, 0.05) is 28.2 Å². The summed E-state index contributed by atoms with van der Waals surface area (Å²) in [7, 11) is 0. The van der Waals surface area contributed by atoms with Crippen LogP contribution in [-0.2, 0) is 5.41 Å². The Bertz CT molecular complexity index is 2020. The molecule has 0 fully saturated rings. The van der Waals surface area contributed by atoms with Crippen LogP contribution in [0.5, 0.6) is 0 Å². The first kappa shape index (κ1) is 29.1. The van der Waals surface area contributed by atoms with Crippen LogP contribution in [0.2, 0.25) is 0 Å². The Kier molecular flexibility index (Phi) is 7.82. The van der Waals surface area contributed by atoms with Crippen molar-refractivity contribution in [3.63, 3.8) is 0 Å². The lowest BCUT2D eigenvalue weighted by atomic mass is 9.86. The van der Waals surface area contributed by atoms with Gasteiger partial charge in [0.2, 0.25) is 0 Å². The van der Waals surface area contributed by atoms with Crippen LogP contribution in [0.1, 0.15) is 26.3 Å². The summed E-state index contributed by atoms with van der Waals surface area (Å²) in [5, 5.41) is 5.08. The van der Waals surface area contributed by atoms with E-state index in [9.17, 15) is 0 Å². The summed E-state index contributed by atoms with van der Waals surface area (Å²) in [5.74, 6) is 0. The molecule has 1 aromatic heterocycles. The van der Waals surface area contributed by atoms with Gasteiger partial charge in [-0.3, -0.25) is 0 Å². The van der Waals surface area contributed by atoms with Crippen LogP contribution in [0, 0.1) is 0 Å². The summed E-state index contributed by atoms with van der Waals surface area (Å²) in [6.07, 6.45) is 0. The Balaban J connectivity index is 1.24. The lowest BCUT2D eigenvalue weighted by Crippen LogP contribution is -2.10. The molecule has 0 bridgehead atoms. The number of nitrogens with zero attached hydrogens (tertiary/aromatic N) is 3. The normalized spacial score (nSPS) is 11.4. The zero-order valence-electron chi connectivity index (χ0n) is 26.5. The topological polar surface area (TPSA) is 21.1 Å². The van der Waals surface area contributed by atoms with Crippen molar-refractivity contribution in [2.75, 3.05) is 4.90 Å². The zero-order chi connectivity index (χ0) is 31.5. The van der Waals surface area contributed by atoms with Crippen LogP contribution in [0.3, 0.4) is 0 Å². The predicted octanol–water partition coefficient (Wildman–Crippen LogP) is 11.6. The highest BCUT2D eigenvalue weighted by Gasteiger charge is 2.17. The summed E-state index contributed by atoms with van der Waals surface area (Å²) in [6.45, 7) is 6.75. The standard InChI is InChI=1S/C43H37N3/c1-43(2,3)36-23-19-32(20-24-36)33-21-25-38(26-22-33)45(37-17-11-6-12-18-37)39-27-29-40(30-28-39)46-42(35-15-9-5-10-16-35)31-41(44-46)34-13-7-4-8-14-34/h4-31H,1-3H3. The minimum atomic E-state index is 0.138. The molecule has 3 nitrogen and oxygen atoms in total. The van der Waals surface area contributed by atoms with Crippen LogP contribution in [0.25, 0.3) is 39.3 Å². The van der Waals surface area contributed by atoms with E-state index in [1.807, 2.05) is 16.8 Å². The fourth-order valence-corrected chi connectivity index (χ4v) is 5.88. The summed E-state index contributed by atoms with van der Waals surface area (Å²) in [6, 6.07) is 60.0. The molecule has 0 saturated heterocycles. The van der Waals surface area contributed by atoms with E-state index in [2.05, 4.69) is 183 Å². The Morgan fingerprint density at radius 3 is 1.46 bits per heavy atom. The third-order valence-corrected chi connectivity index (χ3v) is 8.43. The highest BCUT2D eigenvalue weighted by atomic mass is 15.3. The van der Waals surface area contributed by atoms with Crippen LogP contribution < -0.4 is 4.90 Å². The Labute approximate surface area is 272 Å². The van der Waals surface area contributed by atoms with Gasteiger partial charge < -0.3 is 4.90 Å². The van der Waals surface area contributed by atoms with E-state index in [1.54, 1.807) is 0 Å². The fourth-order valence-electron chi connectivity index (χ4n) is 5.88. The van der Waals surface area contributed by atoms with E-state index in [-0.39, 0.29) is 5.41 Å². The van der Waals surface area contributed by atoms with Gasteiger partial charge in [-0.2, -0.15) is 5.10 Å². The maximum atomic E-state index is 5.08. The van der Waals surface area contributed by atoms with E-state index < -0.39 is 0 Å². The monoisotopic (exact) mass is 595 g/mol. The molecule has 1 heterocycles. The molecule has 0 N–H and O–H groups in total. The summed E-state index contributed by atoms with van der Waals surface area (Å²) in [5.41, 5.74) is 12.4. The van der Waals surface area contributed by atoms with Gasteiger partial charge in [-0.15, -0.1) is 0 Å². The van der Waals surface area contributed by atoms with Gasteiger partial charge in [-0.25, -0.2) is 4.68 Å². The Morgan fingerprint density at radius 1 is 0.457 bits per heavy atom. The Hall–Kier alpha value is -5.67. The summed E-state index contributed by atoms with van der Waals surface area (Å²) < 4.78 is 2.05. The van der Waals surface area contributed by atoms with E-state index in [4.69, 9.17) is 5.10 Å². The number of benzene rings is 6. The molecule has 0 spiro atoms. The number of anilines is 3. The molecule has 0 aliphatic heterocycles. The van der Waals surface area contributed by atoms with Crippen molar-refractivity contribution in [2.45, 2.75) is 26.2 Å². The van der Waals surface area contributed by atoms with Gasteiger partial charge in [0.15, 0.2) is 0 Å². The predicted molar refractivity (Wildman–Crippen MR) is 193 cm³/mol. The van der Waals surface area contributed by atoms with Crippen LogP contribution >= 0.6 is 0 Å². The van der Waals surface area contributed by atoms with Gasteiger partial charge in [0.1, 0.15) is 0 Å². The first-order valence-electron chi connectivity index (χ1n) is 15.8. The molecule has 0 saturated carbocycles. The lowest BCUT2D eigenvalue weighted by molar-refractivity contribution is 0.590. The van der Waals surface area contributed by atoms with Gasteiger partial charge in [-0.05, 0) is 76.7 Å². The van der Waals surface area contributed by atoms with Crippen LogP contribution in [0.4, 0.5) is 17.1 Å². The highest BCUT2D eigenvalue weighted by molar-refractivity contribution is 5.79.